The Balaban J connectivity index is 0.00000324. The molecular formula is C13H20Cl2N2OS. The molecule has 1 aromatic carbocycles. The summed E-state index contributed by atoms with van der Waals surface area (Å²) in [6.45, 7) is 1.93. The molecular weight excluding hydrogens is 303 g/mol. The van der Waals surface area contributed by atoms with Crippen LogP contribution >= 0.6 is 35.8 Å². The van der Waals surface area contributed by atoms with E-state index in [0.29, 0.717) is 11.4 Å². The molecule has 2 atom stereocenters. The number of rotatable bonds is 6. The van der Waals surface area contributed by atoms with E-state index < -0.39 is 6.04 Å². The van der Waals surface area contributed by atoms with Gasteiger partial charge in [-0.15, -0.1) is 12.4 Å². The van der Waals surface area contributed by atoms with E-state index in [-0.39, 0.29) is 24.4 Å². The second-order valence-electron chi connectivity index (χ2n) is 4.17. The van der Waals surface area contributed by atoms with Crippen LogP contribution in [-0.4, -0.2) is 24.0 Å². The Hall–Kier alpha value is -0.420. The van der Waals surface area contributed by atoms with Crippen molar-refractivity contribution in [2.75, 3.05) is 12.0 Å². The number of carbonyl (C=O) groups excluding carboxylic acids is 1. The molecule has 0 heterocycles. The van der Waals surface area contributed by atoms with E-state index in [2.05, 4.69) is 5.32 Å². The number of thioether (sulfide) groups is 1. The van der Waals surface area contributed by atoms with E-state index in [9.17, 15) is 4.79 Å². The molecule has 0 aliphatic carbocycles. The lowest BCUT2D eigenvalue weighted by atomic mass is 10.1. The third-order valence-electron chi connectivity index (χ3n) is 2.70. The lowest BCUT2D eigenvalue weighted by molar-refractivity contribution is -0.123. The lowest BCUT2D eigenvalue weighted by Gasteiger charge is -2.17. The van der Waals surface area contributed by atoms with Crippen LogP contribution in [0.3, 0.4) is 0 Å². The van der Waals surface area contributed by atoms with Gasteiger partial charge in [0.15, 0.2) is 0 Å². The molecule has 1 unspecified atom stereocenters. The van der Waals surface area contributed by atoms with Gasteiger partial charge in [-0.3, -0.25) is 4.79 Å². The summed E-state index contributed by atoms with van der Waals surface area (Å²) in [5.41, 5.74) is 6.83. The van der Waals surface area contributed by atoms with Crippen molar-refractivity contribution < 1.29 is 4.79 Å². The van der Waals surface area contributed by atoms with Crippen LogP contribution in [0.25, 0.3) is 0 Å². The van der Waals surface area contributed by atoms with Crippen LogP contribution in [0.15, 0.2) is 24.3 Å². The van der Waals surface area contributed by atoms with Gasteiger partial charge in [0.05, 0.1) is 12.1 Å². The van der Waals surface area contributed by atoms with Crippen molar-refractivity contribution in [2.24, 2.45) is 5.73 Å². The molecule has 108 valence electrons. The summed E-state index contributed by atoms with van der Waals surface area (Å²) in [5.74, 6) is 0.788. The molecule has 0 spiro atoms. The topological polar surface area (TPSA) is 55.1 Å². The Bertz CT molecular complexity index is 387. The molecule has 3 nitrogen and oxygen atoms in total. The average molecular weight is 323 g/mol. The average Bonchev–Trinajstić information content (AvgIpc) is 2.36. The highest BCUT2D eigenvalue weighted by Crippen LogP contribution is 2.16. The third kappa shape index (κ3) is 6.52. The smallest absolute Gasteiger partial charge is 0.237 e. The standard InChI is InChI=1S/C13H19ClN2OS.ClH/c1-9(10-3-5-11(14)6-4-10)16-13(17)12(15)7-8-18-2;/h3-6,9,12H,7-8,15H2,1-2H3,(H,16,17);1H/t9?,12-;/m0./s1. The van der Waals surface area contributed by atoms with Gasteiger partial charge in [0.25, 0.3) is 0 Å². The first-order valence-electron chi connectivity index (χ1n) is 5.85. The van der Waals surface area contributed by atoms with Crippen molar-refractivity contribution in [1.29, 1.82) is 0 Å². The summed E-state index contributed by atoms with van der Waals surface area (Å²) in [6, 6.07) is 6.93. The number of nitrogens with two attached hydrogens (primary N) is 1. The number of halogens is 2. The van der Waals surface area contributed by atoms with Gasteiger partial charge in [0.2, 0.25) is 5.91 Å². The van der Waals surface area contributed by atoms with Crippen LogP contribution in [-0.2, 0) is 4.79 Å². The van der Waals surface area contributed by atoms with Gasteiger partial charge in [0, 0.05) is 5.02 Å². The van der Waals surface area contributed by atoms with Crippen molar-refractivity contribution in [1.82, 2.24) is 5.32 Å². The predicted molar refractivity (Wildman–Crippen MR) is 86.2 cm³/mol. The largest absolute Gasteiger partial charge is 0.348 e. The van der Waals surface area contributed by atoms with Crippen molar-refractivity contribution in [2.45, 2.75) is 25.4 Å². The van der Waals surface area contributed by atoms with E-state index in [1.165, 1.54) is 0 Å². The summed E-state index contributed by atoms with van der Waals surface area (Å²) in [7, 11) is 0. The zero-order valence-corrected chi connectivity index (χ0v) is 13.4. The summed E-state index contributed by atoms with van der Waals surface area (Å²) < 4.78 is 0. The molecule has 6 heteroatoms. The summed E-state index contributed by atoms with van der Waals surface area (Å²) in [5, 5.41) is 3.60. The number of carbonyl (C=O) groups is 1. The van der Waals surface area contributed by atoms with Crippen molar-refractivity contribution in [3.63, 3.8) is 0 Å². The maximum atomic E-state index is 11.8. The van der Waals surface area contributed by atoms with Crippen LogP contribution in [0.5, 0.6) is 0 Å². The minimum absolute atomic E-state index is 0. The maximum absolute atomic E-state index is 11.8. The fourth-order valence-electron chi connectivity index (χ4n) is 1.53. The molecule has 0 aliphatic rings. The van der Waals surface area contributed by atoms with Gasteiger partial charge in [-0.2, -0.15) is 11.8 Å². The van der Waals surface area contributed by atoms with Gasteiger partial charge in [0.1, 0.15) is 0 Å². The van der Waals surface area contributed by atoms with Crippen LogP contribution < -0.4 is 11.1 Å². The molecule has 1 amide bonds. The molecule has 3 N–H and O–H groups in total. The van der Waals surface area contributed by atoms with E-state index in [4.69, 9.17) is 17.3 Å². The van der Waals surface area contributed by atoms with E-state index in [1.54, 1.807) is 11.8 Å². The van der Waals surface area contributed by atoms with Gasteiger partial charge in [-0.1, -0.05) is 23.7 Å². The van der Waals surface area contributed by atoms with Gasteiger partial charge in [-0.05, 0) is 43.0 Å². The Labute approximate surface area is 130 Å². The molecule has 0 saturated heterocycles. The normalized spacial score (nSPS) is 13.3. The Morgan fingerprint density at radius 2 is 2.00 bits per heavy atom. The number of nitrogens with one attached hydrogen (secondary N) is 1. The zero-order valence-electron chi connectivity index (χ0n) is 11.1. The maximum Gasteiger partial charge on any atom is 0.237 e. The molecule has 0 radical (unpaired) electrons. The molecule has 1 aromatic rings. The minimum atomic E-state index is -0.438. The van der Waals surface area contributed by atoms with Crippen molar-refractivity contribution in [3.05, 3.63) is 34.9 Å². The summed E-state index contributed by atoms with van der Waals surface area (Å²) in [6.07, 6.45) is 2.70. The van der Waals surface area contributed by atoms with Crippen LogP contribution in [0.4, 0.5) is 0 Å². The summed E-state index contributed by atoms with van der Waals surface area (Å²) in [4.78, 5) is 11.8. The highest BCUT2D eigenvalue weighted by Gasteiger charge is 2.15. The van der Waals surface area contributed by atoms with Crippen LogP contribution in [0, 0.1) is 0 Å². The number of benzene rings is 1. The van der Waals surface area contributed by atoms with E-state index in [0.717, 1.165) is 11.3 Å². The number of amides is 1. The second-order valence-corrected chi connectivity index (χ2v) is 5.59. The lowest BCUT2D eigenvalue weighted by Crippen LogP contribution is -2.41. The Morgan fingerprint density at radius 1 is 1.42 bits per heavy atom. The summed E-state index contributed by atoms with van der Waals surface area (Å²) >= 11 is 7.51. The first kappa shape index (κ1) is 18.6. The molecule has 0 aromatic heterocycles. The molecule has 0 fully saturated rings. The van der Waals surface area contributed by atoms with Crippen LogP contribution in [0.2, 0.25) is 5.02 Å². The fraction of sp³-hybridized carbons (Fsp3) is 0.462. The van der Waals surface area contributed by atoms with Crippen molar-refractivity contribution in [3.8, 4) is 0 Å². The predicted octanol–water partition coefficient (Wildman–Crippen LogP) is 3.02. The number of hydrogen-bond acceptors (Lipinski definition) is 3. The first-order valence-corrected chi connectivity index (χ1v) is 7.62. The third-order valence-corrected chi connectivity index (χ3v) is 3.59. The van der Waals surface area contributed by atoms with Gasteiger partial charge in [-0.25, -0.2) is 0 Å². The Morgan fingerprint density at radius 3 is 2.53 bits per heavy atom. The fourth-order valence-corrected chi connectivity index (χ4v) is 2.15. The van der Waals surface area contributed by atoms with Gasteiger partial charge < -0.3 is 11.1 Å². The molecule has 0 aliphatic heterocycles. The van der Waals surface area contributed by atoms with E-state index in [1.807, 2.05) is 37.4 Å². The van der Waals surface area contributed by atoms with E-state index >= 15 is 0 Å². The second kappa shape index (κ2) is 9.48. The SMILES string of the molecule is CSCC[C@H](N)C(=O)NC(C)c1ccc(Cl)cc1.Cl. The minimum Gasteiger partial charge on any atom is -0.348 e. The molecule has 19 heavy (non-hydrogen) atoms. The van der Waals surface area contributed by atoms with Gasteiger partial charge >= 0.3 is 0 Å². The zero-order chi connectivity index (χ0) is 13.5. The quantitative estimate of drug-likeness (QED) is 0.846. The molecule has 0 saturated carbocycles. The van der Waals surface area contributed by atoms with Crippen molar-refractivity contribution >= 4 is 41.7 Å². The number of hydrogen-bond donors (Lipinski definition) is 2. The van der Waals surface area contributed by atoms with Crippen LogP contribution in [0.1, 0.15) is 24.9 Å². The molecule has 1 rings (SSSR count). The highest BCUT2D eigenvalue weighted by atomic mass is 35.5. The highest BCUT2D eigenvalue weighted by molar-refractivity contribution is 7.98. The monoisotopic (exact) mass is 322 g/mol. The first-order chi connectivity index (χ1) is 8.54. The molecule has 0 bridgehead atoms. The Kier molecular flexibility index (Phi) is 9.27.